The van der Waals surface area contributed by atoms with Crippen molar-refractivity contribution in [1.82, 2.24) is 0 Å². The van der Waals surface area contributed by atoms with Crippen molar-refractivity contribution in [1.29, 1.82) is 0 Å². The Kier molecular flexibility index (Phi) is 8.39. The topological polar surface area (TPSA) is 87.0 Å². The molecule has 0 heterocycles. The van der Waals surface area contributed by atoms with E-state index in [0.29, 0.717) is 36.0 Å². The SMILES string of the molecule is CC(C)CCC[C@@H](C)[C@H]1CC[C@H]2[C@@H]3CC(O[Si](C)(C)C)[C@@]4(O)C[C@](O)(CC(=O)O)CC[C@]4(C)[C@H]3CC[C@]12C. The van der Waals surface area contributed by atoms with Crippen LogP contribution in [-0.4, -0.2) is 46.9 Å². The van der Waals surface area contributed by atoms with Crippen molar-refractivity contribution < 1.29 is 24.5 Å². The van der Waals surface area contributed by atoms with Crippen LogP contribution in [-0.2, 0) is 9.22 Å². The Morgan fingerprint density at radius 2 is 1.66 bits per heavy atom. The summed E-state index contributed by atoms with van der Waals surface area (Å²) >= 11 is 0. The quantitative estimate of drug-likeness (QED) is 0.263. The summed E-state index contributed by atoms with van der Waals surface area (Å²) in [6.45, 7) is 18.6. The summed E-state index contributed by atoms with van der Waals surface area (Å²) in [6.07, 6.45) is 10.4. The molecule has 0 aromatic rings. The molecule has 38 heavy (non-hydrogen) atoms. The minimum absolute atomic E-state index is 0.110. The summed E-state index contributed by atoms with van der Waals surface area (Å²) in [6, 6.07) is 0. The Bertz CT molecular complexity index is 870. The van der Waals surface area contributed by atoms with Gasteiger partial charge in [-0.05, 0) is 106 Å². The predicted octanol–water partition coefficient (Wildman–Crippen LogP) is 7.26. The van der Waals surface area contributed by atoms with Gasteiger partial charge in [0.15, 0.2) is 8.32 Å². The second-order valence-corrected chi connectivity index (χ2v) is 20.6. The highest BCUT2D eigenvalue weighted by Gasteiger charge is 2.69. The number of hydrogen-bond donors (Lipinski definition) is 3. The second kappa shape index (κ2) is 10.4. The van der Waals surface area contributed by atoms with E-state index in [0.717, 1.165) is 30.6 Å². The first-order valence-corrected chi connectivity index (χ1v) is 19.2. The van der Waals surface area contributed by atoms with E-state index in [1.807, 2.05) is 0 Å². The minimum atomic E-state index is -2.00. The van der Waals surface area contributed by atoms with Crippen LogP contribution in [0.4, 0.5) is 0 Å². The van der Waals surface area contributed by atoms with E-state index < -0.39 is 25.5 Å². The third kappa shape index (κ3) is 5.42. The first-order chi connectivity index (χ1) is 17.4. The summed E-state index contributed by atoms with van der Waals surface area (Å²) in [4.78, 5) is 11.6. The number of aliphatic hydroxyl groups is 2. The number of carboxylic acid groups (broad SMARTS) is 1. The summed E-state index contributed by atoms with van der Waals surface area (Å²) < 4.78 is 6.83. The van der Waals surface area contributed by atoms with Gasteiger partial charge >= 0.3 is 5.97 Å². The van der Waals surface area contributed by atoms with Crippen molar-refractivity contribution in [2.24, 2.45) is 46.3 Å². The molecule has 4 aliphatic carbocycles. The van der Waals surface area contributed by atoms with Gasteiger partial charge in [0.25, 0.3) is 0 Å². The van der Waals surface area contributed by atoms with Gasteiger partial charge in [0, 0.05) is 11.8 Å². The number of hydrogen-bond acceptors (Lipinski definition) is 4. The highest BCUT2D eigenvalue weighted by Crippen LogP contribution is 2.70. The zero-order valence-electron chi connectivity index (χ0n) is 25.7. The fourth-order valence-electron chi connectivity index (χ4n) is 10.4. The average molecular weight is 551 g/mol. The molecule has 0 radical (unpaired) electrons. The van der Waals surface area contributed by atoms with Crippen LogP contribution in [0, 0.1) is 46.3 Å². The molecule has 4 aliphatic rings. The Hall–Kier alpha value is -0.433. The van der Waals surface area contributed by atoms with Crippen molar-refractivity contribution in [2.45, 2.75) is 149 Å². The van der Waals surface area contributed by atoms with E-state index in [1.54, 1.807) is 0 Å². The fraction of sp³-hybridized carbons (Fsp3) is 0.969. The Morgan fingerprint density at radius 3 is 2.26 bits per heavy atom. The molecule has 0 aromatic heterocycles. The first kappa shape index (κ1) is 30.5. The fourth-order valence-corrected chi connectivity index (χ4v) is 11.5. The summed E-state index contributed by atoms with van der Waals surface area (Å²) in [5.41, 5.74) is -2.59. The molecule has 0 bridgehead atoms. The van der Waals surface area contributed by atoms with Gasteiger partial charge in [0.05, 0.1) is 23.7 Å². The van der Waals surface area contributed by atoms with Crippen LogP contribution in [0.1, 0.15) is 112 Å². The van der Waals surface area contributed by atoms with Crippen molar-refractivity contribution in [3.8, 4) is 0 Å². The first-order valence-electron chi connectivity index (χ1n) is 15.8. The van der Waals surface area contributed by atoms with Gasteiger partial charge < -0.3 is 19.7 Å². The van der Waals surface area contributed by atoms with Gasteiger partial charge in [-0.15, -0.1) is 0 Å². The zero-order valence-corrected chi connectivity index (χ0v) is 26.7. The van der Waals surface area contributed by atoms with Crippen LogP contribution >= 0.6 is 0 Å². The molecule has 3 N–H and O–H groups in total. The number of fused-ring (bicyclic) bond motifs is 5. The third-order valence-electron chi connectivity index (χ3n) is 12.1. The van der Waals surface area contributed by atoms with Gasteiger partial charge in [-0.2, -0.15) is 0 Å². The lowest BCUT2D eigenvalue weighted by molar-refractivity contribution is -0.275. The molecule has 4 saturated carbocycles. The number of rotatable bonds is 9. The third-order valence-corrected chi connectivity index (χ3v) is 13.1. The lowest BCUT2D eigenvalue weighted by Gasteiger charge is -2.67. The lowest BCUT2D eigenvalue weighted by atomic mass is 9.41. The number of aliphatic carboxylic acids is 1. The van der Waals surface area contributed by atoms with Crippen LogP contribution in [0.25, 0.3) is 0 Å². The van der Waals surface area contributed by atoms with Crippen LogP contribution in [0.15, 0.2) is 0 Å². The smallest absolute Gasteiger partial charge is 0.306 e. The number of carbonyl (C=O) groups is 1. The maximum absolute atomic E-state index is 12.6. The van der Waals surface area contributed by atoms with Gasteiger partial charge in [0.1, 0.15) is 0 Å². The molecule has 4 rings (SSSR count). The Labute approximate surface area is 233 Å². The van der Waals surface area contributed by atoms with E-state index >= 15 is 0 Å². The predicted molar refractivity (Wildman–Crippen MR) is 155 cm³/mol. The molecule has 4 fully saturated rings. The maximum Gasteiger partial charge on any atom is 0.306 e. The van der Waals surface area contributed by atoms with Crippen LogP contribution in [0.5, 0.6) is 0 Å². The standard InChI is InChI=1S/C32H58O5Si/c1-21(2)10-9-11-22(3)24-12-13-25-23-18-27(37-38(6,7)8)32(36)20-31(35,19-28(33)34)17-16-30(32,5)26(23)14-15-29(24,25)4/h21-27,35-36H,9-20H2,1-8H3,(H,33,34)/t22-,23+,24-,25+,26+,27?,29-,30-,31-,32+/m1/s1. The average Bonchev–Trinajstić information content (AvgIpc) is 3.11. The molecule has 220 valence electrons. The molecule has 0 saturated heterocycles. The highest BCUT2D eigenvalue weighted by molar-refractivity contribution is 6.69. The molecule has 0 aromatic carbocycles. The highest BCUT2D eigenvalue weighted by atomic mass is 28.4. The van der Waals surface area contributed by atoms with Crippen molar-refractivity contribution in [3.05, 3.63) is 0 Å². The normalized spacial score (nSPS) is 45.8. The van der Waals surface area contributed by atoms with Crippen molar-refractivity contribution >= 4 is 14.3 Å². The van der Waals surface area contributed by atoms with Crippen molar-refractivity contribution in [3.63, 3.8) is 0 Å². The zero-order chi connectivity index (χ0) is 28.3. The molecular formula is C32H58O5Si. The van der Waals surface area contributed by atoms with E-state index in [9.17, 15) is 20.1 Å². The van der Waals surface area contributed by atoms with E-state index in [1.165, 1.54) is 38.5 Å². The largest absolute Gasteiger partial charge is 0.481 e. The van der Waals surface area contributed by atoms with Crippen molar-refractivity contribution in [2.75, 3.05) is 0 Å². The molecule has 1 unspecified atom stereocenters. The molecule has 6 heteroatoms. The molecule has 0 amide bonds. The molecule has 0 spiro atoms. The van der Waals surface area contributed by atoms with Crippen LogP contribution < -0.4 is 0 Å². The number of carboxylic acids is 1. The Morgan fingerprint density at radius 1 is 0.974 bits per heavy atom. The second-order valence-electron chi connectivity index (χ2n) is 16.2. The van der Waals surface area contributed by atoms with E-state index in [4.69, 9.17) is 4.43 Å². The summed E-state index contributed by atoms with van der Waals surface area (Å²) in [5.74, 6) is 2.90. The van der Waals surface area contributed by atoms with Crippen LogP contribution in [0.3, 0.4) is 0 Å². The summed E-state index contributed by atoms with van der Waals surface area (Å²) in [7, 11) is -2.00. The molecule has 5 nitrogen and oxygen atoms in total. The van der Waals surface area contributed by atoms with Gasteiger partial charge in [-0.25, -0.2) is 0 Å². The van der Waals surface area contributed by atoms with Gasteiger partial charge in [-0.3, -0.25) is 4.79 Å². The van der Waals surface area contributed by atoms with E-state index in [-0.39, 0.29) is 24.4 Å². The molecule has 0 aliphatic heterocycles. The maximum atomic E-state index is 12.6. The summed E-state index contributed by atoms with van der Waals surface area (Å²) in [5, 5.41) is 33.5. The van der Waals surface area contributed by atoms with Gasteiger partial charge in [0.2, 0.25) is 0 Å². The lowest BCUT2D eigenvalue weighted by Crippen LogP contribution is -2.71. The van der Waals surface area contributed by atoms with Gasteiger partial charge in [-0.1, -0.05) is 53.9 Å². The van der Waals surface area contributed by atoms with E-state index in [2.05, 4.69) is 54.3 Å². The Balaban J connectivity index is 1.63. The monoisotopic (exact) mass is 550 g/mol. The van der Waals surface area contributed by atoms with Crippen LogP contribution in [0.2, 0.25) is 19.6 Å². The minimum Gasteiger partial charge on any atom is -0.481 e. The molecule has 10 atom stereocenters. The molecular weight excluding hydrogens is 492 g/mol.